The summed E-state index contributed by atoms with van der Waals surface area (Å²) in [5.41, 5.74) is -2.49. The molecule has 0 aliphatic carbocycles. The van der Waals surface area contributed by atoms with Crippen molar-refractivity contribution in [3.63, 3.8) is 0 Å². The molecule has 0 unspecified atom stereocenters. The molecule has 15 heteroatoms. The Bertz CT molecular complexity index is 1240. The summed E-state index contributed by atoms with van der Waals surface area (Å²) in [6.07, 6.45) is -4.85. The molecular formula is C21H15F3N4O8. The Morgan fingerprint density at radius 3 is 1.50 bits per heavy atom. The van der Waals surface area contributed by atoms with Crippen LogP contribution in [0.3, 0.4) is 0 Å². The first-order valence-corrected chi connectivity index (χ1v) is 10.1. The number of imide groups is 2. The summed E-state index contributed by atoms with van der Waals surface area (Å²) in [4.78, 5) is 66.6. The fraction of sp³-hybridized carbons (Fsp3) is 0.238. The summed E-state index contributed by atoms with van der Waals surface area (Å²) in [7, 11) is 0. The molecule has 4 rings (SSSR count). The van der Waals surface area contributed by atoms with E-state index < -0.39 is 44.8 Å². The highest BCUT2D eigenvalue weighted by Gasteiger charge is 2.41. The third-order valence-corrected chi connectivity index (χ3v) is 5.16. The van der Waals surface area contributed by atoms with Gasteiger partial charge in [-0.05, 0) is 18.2 Å². The van der Waals surface area contributed by atoms with Crippen molar-refractivity contribution >= 4 is 46.4 Å². The summed E-state index contributed by atoms with van der Waals surface area (Å²) >= 11 is 0. The fourth-order valence-electron chi connectivity index (χ4n) is 3.49. The molecule has 0 aromatic heterocycles. The minimum absolute atomic E-state index is 0.0668. The molecular weight excluding hydrogens is 493 g/mol. The number of benzene rings is 2. The van der Waals surface area contributed by atoms with Crippen LogP contribution in [0.25, 0.3) is 0 Å². The molecule has 0 bridgehead atoms. The Kier molecular flexibility index (Phi) is 7.12. The van der Waals surface area contributed by atoms with Crippen molar-refractivity contribution in [3.05, 3.63) is 68.3 Å². The van der Waals surface area contributed by atoms with E-state index in [1.54, 1.807) is 0 Å². The molecule has 0 atom stereocenters. The molecule has 2 fully saturated rings. The monoisotopic (exact) mass is 508 g/mol. The number of anilines is 2. The lowest BCUT2D eigenvalue weighted by molar-refractivity contribution is -0.385. The maximum atomic E-state index is 12.9. The van der Waals surface area contributed by atoms with E-state index in [0.717, 1.165) is 17.0 Å². The first-order valence-electron chi connectivity index (χ1n) is 10.1. The fourth-order valence-corrected chi connectivity index (χ4v) is 3.49. The van der Waals surface area contributed by atoms with Crippen molar-refractivity contribution in [3.8, 4) is 0 Å². The van der Waals surface area contributed by atoms with Crippen LogP contribution in [0, 0.1) is 20.2 Å². The van der Waals surface area contributed by atoms with E-state index in [9.17, 15) is 52.6 Å². The van der Waals surface area contributed by atoms with Gasteiger partial charge in [0.25, 0.3) is 11.4 Å². The van der Waals surface area contributed by atoms with Gasteiger partial charge in [0.1, 0.15) is 0 Å². The summed E-state index contributed by atoms with van der Waals surface area (Å²) < 4.78 is 38.8. The van der Waals surface area contributed by atoms with E-state index in [4.69, 9.17) is 0 Å². The Labute approximate surface area is 199 Å². The van der Waals surface area contributed by atoms with Crippen LogP contribution in [0.1, 0.15) is 31.2 Å². The highest BCUT2D eigenvalue weighted by atomic mass is 19.4. The van der Waals surface area contributed by atoms with Gasteiger partial charge in [0.2, 0.25) is 23.6 Å². The molecule has 0 saturated carbocycles. The van der Waals surface area contributed by atoms with Gasteiger partial charge in [-0.1, -0.05) is 0 Å². The summed E-state index contributed by atoms with van der Waals surface area (Å²) in [6, 6.07) is 7.25. The van der Waals surface area contributed by atoms with E-state index in [-0.39, 0.29) is 43.2 Å². The van der Waals surface area contributed by atoms with Gasteiger partial charge in [0.05, 0.1) is 26.8 Å². The van der Waals surface area contributed by atoms with Gasteiger partial charge >= 0.3 is 6.18 Å². The van der Waals surface area contributed by atoms with Gasteiger partial charge in [-0.3, -0.25) is 44.3 Å². The standard InChI is InChI=1S/C11H7F3N2O4.C10H8N2O4/c12-11(13,14)7-5-6(16(19)20)1-2-8(7)15-9(17)3-4-10(15)18;13-9-5-6-10(14)11(9)7-1-3-8(4-2-7)12(15)16/h1-2,5H,3-4H2;1-4H,5-6H2. The van der Waals surface area contributed by atoms with Gasteiger partial charge in [0, 0.05) is 49.9 Å². The summed E-state index contributed by atoms with van der Waals surface area (Å²) in [5.74, 6) is -2.04. The van der Waals surface area contributed by atoms with Crippen LogP contribution in [-0.4, -0.2) is 33.5 Å². The van der Waals surface area contributed by atoms with Crippen LogP contribution < -0.4 is 9.80 Å². The molecule has 4 amide bonds. The molecule has 12 nitrogen and oxygen atoms in total. The second-order valence-corrected chi connectivity index (χ2v) is 7.48. The van der Waals surface area contributed by atoms with Crippen LogP contribution >= 0.6 is 0 Å². The predicted octanol–water partition coefficient (Wildman–Crippen LogP) is 3.52. The number of rotatable bonds is 4. The van der Waals surface area contributed by atoms with Crippen molar-refractivity contribution < 1.29 is 42.2 Å². The van der Waals surface area contributed by atoms with E-state index in [0.29, 0.717) is 16.7 Å². The number of carbonyl (C=O) groups excluding carboxylic acids is 4. The number of hydrogen-bond donors (Lipinski definition) is 0. The molecule has 188 valence electrons. The molecule has 2 aromatic rings. The molecule has 2 heterocycles. The lowest BCUT2D eigenvalue weighted by Gasteiger charge is -2.19. The van der Waals surface area contributed by atoms with Gasteiger partial charge in [-0.15, -0.1) is 0 Å². The SMILES string of the molecule is O=C1CCC(=O)N1c1ccc([N+](=O)[O-])cc1.O=C1CCC(=O)N1c1ccc([N+](=O)[O-])cc1C(F)(F)F. The molecule has 2 aliphatic rings. The first-order chi connectivity index (χ1) is 16.8. The largest absolute Gasteiger partial charge is 0.418 e. The number of nitrogens with zero attached hydrogens (tertiary/aromatic N) is 4. The first kappa shape index (κ1) is 25.9. The zero-order chi connectivity index (χ0) is 26.8. The maximum absolute atomic E-state index is 12.9. The average Bonchev–Trinajstić information content (AvgIpc) is 3.33. The van der Waals surface area contributed by atoms with E-state index >= 15 is 0 Å². The van der Waals surface area contributed by atoms with E-state index in [1.165, 1.54) is 24.3 Å². The molecule has 0 N–H and O–H groups in total. The Balaban J connectivity index is 0.000000205. The highest BCUT2D eigenvalue weighted by molar-refractivity contribution is 6.20. The number of carbonyl (C=O) groups is 4. The summed E-state index contributed by atoms with van der Waals surface area (Å²) in [6.45, 7) is 0. The average molecular weight is 508 g/mol. The van der Waals surface area contributed by atoms with Crippen LogP contribution in [-0.2, 0) is 25.4 Å². The molecule has 36 heavy (non-hydrogen) atoms. The number of alkyl halides is 3. The molecule has 2 aliphatic heterocycles. The van der Waals surface area contributed by atoms with Crippen LogP contribution in [0.2, 0.25) is 0 Å². The number of nitro benzene ring substituents is 2. The normalized spacial score (nSPS) is 15.8. The van der Waals surface area contributed by atoms with Crippen molar-refractivity contribution in [2.45, 2.75) is 31.9 Å². The van der Waals surface area contributed by atoms with Crippen LogP contribution in [0.5, 0.6) is 0 Å². The van der Waals surface area contributed by atoms with Gasteiger partial charge in [0.15, 0.2) is 0 Å². The Morgan fingerprint density at radius 2 is 1.08 bits per heavy atom. The lowest BCUT2D eigenvalue weighted by Crippen LogP contribution is -2.30. The third kappa shape index (κ3) is 5.34. The Hall–Kier alpha value is -4.69. The highest BCUT2D eigenvalue weighted by Crippen LogP contribution is 2.40. The Morgan fingerprint density at radius 1 is 0.667 bits per heavy atom. The van der Waals surface area contributed by atoms with Crippen molar-refractivity contribution in [1.82, 2.24) is 0 Å². The number of non-ortho nitro benzene ring substituents is 2. The number of halogens is 3. The zero-order valence-corrected chi connectivity index (χ0v) is 18.1. The van der Waals surface area contributed by atoms with Crippen LogP contribution in [0.15, 0.2) is 42.5 Å². The maximum Gasteiger partial charge on any atom is 0.418 e. The van der Waals surface area contributed by atoms with E-state index in [1.807, 2.05) is 0 Å². The zero-order valence-electron chi connectivity index (χ0n) is 18.1. The predicted molar refractivity (Wildman–Crippen MR) is 115 cm³/mol. The molecule has 2 aromatic carbocycles. The number of amides is 4. The molecule has 0 radical (unpaired) electrons. The quantitative estimate of drug-likeness (QED) is 0.344. The summed E-state index contributed by atoms with van der Waals surface area (Å²) in [5, 5.41) is 21.0. The van der Waals surface area contributed by atoms with Crippen LogP contribution in [0.4, 0.5) is 35.9 Å². The minimum atomic E-state index is -4.91. The third-order valence-electron chi connectivity index (χ3n) is 5.16. The van der Waals surface area contributed by atoms with Crippen molar-refractivity contribution in [2.75, 3.05) is 9.80 Å². The van der Waals surface area contributed by atoms with Gasteiger partial charge < -0.3 is 0 Å². The molecule has 0 spiro atoms. The van der Waals surface area contributed by atoms with Crippen molar-refractivity contribution in [2.24, 2.45) is 0 Å². The van der Waals surface area contributed by atoms with E-state index in [2.05, 4.69) is 0 Å². The lowest BCUT2D eigenvalue weighted by atomic mass is 10.1. The number of hydrogen-bond acceptors (Lipinski definition) is 8. The second kappa shape index (κ2) is 9.89. The topological polar surface area (TPSA) is 161 Å². The smallest absolute Gasteiger partial charge is 0.274 e. The molecule has 2 saturated heterocycles. The minimum Gasteiger partial charge on any atom is -0.274 e. The second-order valence-electron chi connectivity index (χ2n) is 7.48. The van der Waals surface area contributed by atoms with Crippen molar-refractivity contribution in [1.29, 1.82) is 0 Å². The number of nitro groups is 2. The van der Waals surface area contributed by atoms with Gasteiger partial charge in [-0.25, -0.2) is 4.90 Å². The van der Waals surface area contributed by atoms with Gasteiger partial charge in [-0.2, -0.15) is 13.2 Å².